The van der Waals surface area contributed by atoms with Gasteiger partial charge in [-0.1, -0.05) is 18.2 Å². The first-order chi connectivity index (χ1) is 16.8. The highest BCUT2D eigenvalue weighted by molar-refractivity contribution is 5.66. The van der Waals surface area contributed by atoms with Crippen molar-refractivity contribution in [2.75, 3.05) is 13.2 Å². The number of hydrogen-bond donors (Lipinski definition) is 0. The maximum absolute atomic E-state index is 15.0. The van der Waals surface area contributed by atoms with E-state index in [4.69, 9.17) is 9.47 Å². The molecular weight excluding hydrogens is 463 g/mol. The van der Waals surface area contributed by atoms with Gasteiger partial charge in [-0.2, -0.15) is 8.78 Å². The minimum atomic E-state index is -1.11. The summed E-state index contributed by atoms with van der Waals surface area (Å²) in [6.45, 7) is 3.80. The molecule has 0 atom stereocenters. The molecule has 0 heterocycles. The molecule has 0 aromatic heterocycles. The van der Waals surface area contributed by atoms with E-state index in [1.54, 1.807) is 32.0 Å². The molecule has 1 saturated carbocycles. The number of benzene rings is 3. The number of hydrogen-bond acceptors (Lipinski definition) is 2. The molecule has 0 spiro atoms. The van der Waals surface area contributed by atoms with Gasteiger partial charge < -0.3 is 9.47 Å². The van der Waals surface area contributed by atoms with Gasteiger partial charge in [0, 0.05) is 5.56 Å². The molecule has 186 valence electrons. The molecule has 1 aliphatic rings. The molecule has 0 radical (unpaired) electrons. The van der Waals surface area contributed by atoms with Crippen LogP contribution in [-0.4, -0.2) is 13.2 Å². The highest BCUT2D eigenvalue weighted by atomic mass is 19.2. The molecule has 0 amide bonds. The average molecular weight is 491 g/mol. The summed E-state index contributed by atoms with van der Waals surface area (Å²) in [5, 5.41) is 0. The van der Waals surface area contributed by atoms with Gasteiger partial charge in [0.05, 0.1) is 13.2 Å². The zero-order valence-electron chi connectivity index (χ0n) is 19.6. The van der Waals surface area contributed by atoms with Crippen molar-refractivity contribution < 1.29 is 31.4 Å². The van der Waals surface area contributed by atoms with Crippen LogP contribution in [0, 0.1) is 29.1 Å². The maximum atomic E-state index is 15.0. The fraction of sp³-hybridized carbons (Fsp3) is 0.357. The zero-order chi connectivity index (χ0) is 25.1. The van der Waals surface area contributed by atoms with Crippen molar-refractivity contribution in [2.24, 2.45) is 0 Å². The zero-order valence-corrected chi connectivity index (χ0v) is 19.6. The van der Waals surface area contributed by atoms with Gasteiger partial charge in [-0.3, -0.25) is 0 Å². The monoisotopic (exact) mass is 490 g/mol. The van der Waals surface area contributed by atoms with Crippen molar-refractivity contribution in [3.8, 4) is 22.6 Å². The lowest BCUT2D eigenvalue weighted by Gasteiger charge is -2.30. The van der Waals surface area contributed by atoms with Crippen LogP contribution >= 0.6 is 0 Å². The van der Waals surface area contributed by atoms with Crippen molar-refractivity contribution in [2.45, 2.75) is 51.4 Å². The summed E-state index contributed by atoms with van der Waals surface area (Å²) >= 11 is 0. The van der Waals surface area contributed by atoms with Crippen LogP contribution in [0.1, 0.15) is 62.5 Å². The van der Waals surface area contributed by atoms with E-state index in [1.807, 2.05) is 0 Å². The number of ether oxygens (including phenoxy) is 2. The fourth-order valence-electron chi connectivity index (χ4n) is 4.89. The van der Waals surface area contributed by atoms with Crippen molar-refractivity contribution in [1.29, 1.82) is 0 Å². The molecule has 0 bridgehead atoms. The van der Waals surface area contributed by atoms with Crippen molar-refractivity contribution in [3.63, 3.8) is 0 Å². The molecule has 7 heteroatoms. The molecule has 1 fully saturated rings. The van der Waals surface area contributed by atoms with Gasteiger partial charge in [-0.15, -0.1) is 0 Å². The number of rotatable bonds is 7. The Morgan fingerprint density at radius 3 is 1.71 bits per heavy atom. The second kappa shape index (κ2) is 10.7. The molecule has 3 aromatic rings. The van der Waals surface area contributed by atoms with Crippen molar-refractivity contribution in [3.05, 3.63) is 82.7 Å². The maximum Gasteiger partial charge on any atom is 0.201 e. The fourth-order valence-corrected chi connectivity index (χ4v) is 4.89. The summed E-state index contributed by atoms with van der Waals surface area (Å²) in [5.74, 6) is -5.13. The van der Waals surface area contributed by atoms with Crippen LogP contribution in [0.25, 0.3) is 11.1 Å². The minimum Gasteiger partial charge on any atom is -0.491 e. The van der Waals surface area contributed by atoms with Gasteiger partial charge >= 0.3 is 0 Å². The Morgan fingerprint density at radius 2 is 1.14 bits per heavy atom. The molecule has 1 aliphatic carbocycles. The van der Waals surface area contributed by atoms with E-state index >= 15 is 4.39 Å². The van der Waals surface area contributed by atoms with Crippen LogP contribution in [0.5, 0.6) is 11.5 Å². The quantitative estimate of drug-likeness (QED) is 0.310. The Labute approximate surface area is 201 Å². The van der Waals surface area contributed by atoms with Crippen molar-refractivity contribution in [1.82, 2.24) is 0 Å². The SMILES string of the molecule is CCOc1ccc(-c2ccc(C3CCC(c4ccc(OCC)c(F)c4F)CC3)c(F)c2)c(F)c1F. The highest BCUT2D eigenvalue weighted by Gasteiger charge is 2.29. The summed E-state index contributed by atoms with van der Waals surface area (Å²) in [4.78, 5) is 0. The summed E-state index contributed by atoms with van der Waals surface area (Å²) < 4.78 is 82.9. The van der Waals surface area contributed by atoms with Gasteiger partial charge in [0.25, 0.3) is 0 Å². The van der Waals surface area contributed by atoms with Gasteiger partial charge in [0.1, 0.15) is 5.82 Å². The van der Waals surface area contributed by atoms with Crippen LogP contribution in [0.3, 0.4) is 0 Å². The molecule has 0 saturated heterocycles. The molecule has 4 rings (SSSR count). The Hall–Kier alpha value is -3.09. The van der Waals surface area contributed by atoms with Gasteiger partial charge in [0.2, 0.25) is 11.6 Å². The van der Waals surface area contributed by atoms with Crippen LogP contribution in [-0.2, 0) is 0 Å². The second-order valence-corrected chi connectivity index (χ2v) is 8.67. The first-order valence-corrected chi connectivity index (χ1v) is 11.9. The molecule has 0 N–H and O–H groups in total. The lowest BCUT2D eigenvalue weighted by Crippen LogP contribution is -2.15. The van der Waals surface area contributed by atoms with Crippen LogP contribution < -0.4 is 9.47 Å². The van der Waals surface area contributed by atoms with E-state index in [2.05, 4.69) is 0 Å². The van der Waals surface area contributed by atoms with Crippen LogP contribution in [0.4, 0.5) is 22.0 Å². The predicted octanol–water partition coefficient (Wildman–Crippen LogP) is 8.29. The third-order valence-electron chi connectivity index (χ3n) is 6.64. The lowest BCUT2D eigenvalue weighted by atomic mass is 9.75. The van der Waals surface area contributed by atoms with Crippen LogP contribution in [0.2, 0.25) is 0 Å². The normalized spacial score (nSPS) is 17.9. The number of halogens is 5. The van der Waals surface area contributed by atoms with E-state index in [-0.39, 0.29) is 47.7 Å². The van der Waals surface area contributed by atoms with Crippen molar-refractivity contribution >= 4 is 0 Å². The predicted molar refractivity (Wildman–Crippen MR) is 124 cm³/mol. The molecule has 2 nitrogen and oxygen atoms in total. The third-order valence-corrected chi connectivity index (χ3v) is 6.64. The second-order valence-electron chi connectivity index (χ2n) is 8.67. The van der Waals surface area contributed by atoms with Crippen LogP contribution in [0.15, 0.2) is 42.5 Å². The molecule has 35 heavy (non-hydrogen) atoms. The standard InChI is InChI=1S/C28H27F5O2/c1-3-34-23-13-11-20(25(30)27(23)32)17-7-5-16(6-8-17)19-10-9-18(15-22(19)29)21-12-14-24(35-4-2)28(33)26(21)31/h9-17H,3-8H2,1-2H3. The van der Waals surface area contributed by atoms with E-state index < -0.39 is 29.1 Å². The first-order valence-electron chi connectivity index (χ1n) is 11.9. The Balaban J connectivity index is 1.49. The molecule has 3 aromatic carbocycles. The van der Waals surface area contributed by atoms with Gasteiger partial charge in [0.15, 0.2) is 23.1 Å². The Morgan fingerprint density at radius 1 is 0.629 bits per heavy atom. The van der Waals surface area contributed by atoms with E-state index in [1.165, 1.54) is 24.3 Å². The lowest BCUT2D eigenvalue weighted by molar-refractivity contribution is 0.310. The Bertz CT molecular complexity index is 1200. The average Bonchev–Trinajstić information content (AvgIpc) is 2.86. The smallest absolute Gasteiger partial charge is 0.201 e. The summed E-state index contributed by atoms with van der Waals surface area (Å²) in [7, 11) is 0. The first kappa shape index (κ1) is 25.0. The summed E-state index contributed by atoms with van der Waals surface area (Å²) in [5.41, 5.74) is 0.977. The molecule has 0 aliphatic heterocycles. The molecular formula is C28H27F5O2. The third kappa shape index (κ3) is 5.00. The Kier molecular flexibility index (Phi) is 7.63. The largest absolute Gasteiger partial charge is 0.491 e. The topological polar surface area (TPSA) is 18.5 Å². The van der Waals surface area contributed by atoms with Gasteiger partial charge in [-0.05, 0) is 92.3 Å². The van der Waals surface area contributed by atoms with Gasteiger partial charge in [-0.25, -0.2) is 13.2 Å². The summed E-state index contributed by atoms with van der Waals surface area (Å²) in [6, 6.07) is 10.1. The minimum absolute atomic E-state index is 0.0480. The van der Waals surface area contributed by atoms with E-state index in [0.717, 1.165) is 0 Å². The van der Waals surface area contributed by atoms with E-state index in [0.29, 0.717) is 36.8 Å². The van der Waals surface area contributed by atoms with E-state index in [9.17, 15) is 17.6 Å². The summed E-state index contributed by atoms with van der Waals surface area (Å²) in [6.07, 6.45) is 2.35. The highest BCUT2D eigenvalue weighted by Crippen LogP contribution is 2.43. The molecule has 0 unspecified atom stereocenters.